The van der Waals surface area contributed by atoms with Crippen LogP contribution in [0.2, 0.25) is 0 Å². The zero-order valence-electron chi connectivity index (χ0n) is 14.9. The summed E-state index contributed by atoms with van der Waals surface area (Å²) < 4.78 is 7.81. The van der Waals surface area contributed by atoms with E-state index in [9.17, 15) is 9.59 Å². The number of aromatic nitrogens is 2. The number of aryl methyl sites for hydroxylation is 1. The summed E-state index contributed by atoms with van der Waals surface area (Å²) in [6.07, 6.45) is 3.15. The van der Waals surface area contributed by atoms with Crippen LogP contribution < -0.4 is 15.4 Å². The first-order valence-electron chi connectivity index (χ1n) is 8.47. The average Bonchev–Trinajstić information content (AvgIpc) is 3.31. The van der Waals surface area contributed by atoms with E-state index in [0.29, 0.717) is 11.4 Å². The monoisotopic (exact) mass is 412 g/mol. The molecular formula is C19H16N4O3S2. The number of nitrogens with one attached hydrogen (secondary N) is 2. The van der Waals surface area contributed by atoms with Crippen LogP contribution in [0.25, 0.3) is 20.3 Å². The number of benzene rings is 1. The van der Waals surface area contributed by atoms with E-state index >= 15 is 0 Å². The molecule has 9 heteroatoms. The maximum atomic E-state index is 12.1. The van der Waals surface area contributed by atoms with Crippen LogP contribution in [0.5, 0.6) is 5.75 Å². The van der Waals surface area contributed by atoms with Crippen LogP contribution in [-0.2, 0) is 9.59 Å². The van der Waals surface area contributed by atoms with Crippen molar-refractivity contribution >= 4 is 60.5 Å². The summed E-state index contributed by atoms with van der Waals surface area (Å²) in [6.45, 7) is 1.65. The fourth-order valence-corrected chi connectivity index (χ4v) is 4.55. The van der Waals surface area contributed by atoms with Crippen molar-refractivity contribution in [1.82, 2.24) is 15.3 Å². The van der Waals surface area contributed by atoms with Gasteiger partial charge in [0, 0.05) is 17.6 Å². The van der Waals surface area contributed by atoms with Gasteiger partial charge in [-0.15, -0.1) is 22.7 Å². The molecule has 7 nitrogen and oxygen atoms in total. The molecule has 3 heterocycles. The van der Waals surface area contributed by atoms with Crippen molar-refractivity contribution in [2.75, 3.05) is 18.5 Å². The molecule has 3 aromatic heterocycles. The van der Waals surface area contributed by atoms with Crippen molar-refractivity contribution in [3.63, 3.8) is 0 Å². The van der Waals surface area contributed by atoms with Crippen molar-refractivity contribution in [1.29, 1.82) is 0 Å². The molecule has 4 aromatic rings. The van der Waals surface area contributed by atoms with Crippen molar-refractivity contribution in [2.45, 2.75) is 6.92 Å². The molecule has 0 atom stereocenters. The van der Waals surface area contributed by atoms with Gasteiger partial charge < -0.3 is 15.4 Å². The van der Waals surface area contributed by atoms with Crippen LogP contribution in [-0.4, -0.2) is 34.9 Å². The number of fused-ring (bicyclic) bond motifs is 3. The lowest BCUT2D eigenvalue weighted by Crippen LogP contribution is -2.35. The number of hydrogen-bond donors (Lipinski definition) is 2. The summed E-state index contributed by atoms with van der Waals surface area (Å²) in [7, 11) is 0. The molecule has 0 saturated heterocycles. The number of carbonyl (C=O) groups is 2. The van der Waals surface area contributed by atoms with E-state index in [0.717, 1.165) is 25.3 Å². The standard InChI is InChI=1S/C19H16N4O3S2/c1-11-22-18-15(28-11)7-14(13-4-6-27-19(13)18)26-10-17(25)21-9-16(24)23-12-3-2-5-20-8-12/h2-8H,9-10H2,1H3,(H,21,25)(H,23,24). The second kappa shape index (κ2) is 7.91. The second-order valence-corrected chi connectivity index (χ2v) is 8.12. The van der Waals surface area contributed by atoms with Gasteiger partial charge in [0.2, 0.25) is 5.91 Å². The van der Waals surface area contributed by atoms with Gasteiger partial charge in [0.15, 0.2) is 6.61 Å². The van der Waals surface area contributed by atoms with Gasteiger partial charge in [0.25, 0.3) is 5.91 Å². The quantitative estimate of drug-likeness (QED) is 0.507. The fraction of sp³-hybridized carbons (Fsp3) is 0.158. The number of amides is 2. The number of rotatable bonds is 6. The number of nitrogens with zero attached hydrogens (tertiary/aromatic N) is 2. The minimum Gasteiger partial charge on any atom is -0.483 e. The van der Waals surface area contributed by atoms with Crippen molar-refractivity contribution in [3.8, 4) is 5.75 Å². The predicted molar refractivity (Wildman–Crippen MR) is 111 cm³/mol. The summed E-state index contributed by atoms with van der Waals surface area (Å²) in [4.78, 5) is 32.5. The number of hydrogen-bond acceptors (Lipinski definition) is 7. The van der Waals surface area contributed by atoms with Gasteiger partial charge in [0.05, 0.1) is 38.4 Å². The second-order valence-electron chi connectivity index (χ2n) is 5.97. The zero-order valence-corrected chi connectivity index (χ0v) is 16.5. The molecule has 2 amide bonds. The topological polar surface area (TPSA) is 93.2 Å². The highest BCUT2D eigenvalue weighted by atomic mass is 32.1. The molecule has 0 bridgehead atoms. The molecule has 4 rings (SSSR count). The van der Waals surface area contributed by atoms with Crippen molar-refractivity contribution < 1.29 is 14.3 Å². The van der Waals surface area contributed by atoms with Crippen LogP contribution >= 0.6 is 22.7 Å². The Hall–Kier alpha value is -3.04. The Bertz CT molecular complexity index is 1150. The lowest BCUT2D eigenvalue weighted by Gasteiger charge is -2.09. The molecular weight excluding hydrogens is 396 g/mol. The van der Waals surface area contributed by atoms with Gasteiger partial charge >= 0.3 is 0 Å². The highest BCUT2D eigenvalue weighted by Gasteiger charge is 2.14. The van der Waals surface area contributed by atoms with E-state index in [4.69, 9.17) is 4.74 Å². The van der Waals surface area contributed by atoms with Gasteiger partial charge in [-0.25, -0.2) is 4.98 Å². The number of thiazole rings is 1. The first kappa shape index (κ1) is 18.3. The van der Waals surface area contributed by atoms with Crippen LogP contribution in [0.3, 0.4) is 0 Å². The lowest BCUT2D eigenvalue weighted by atomic mass is 10.2. The van der Waals surface area contributed by atoms with E-state index in [1.54, 1.807) is 41.0 Å². The zero-order chi connectivity index (χ0) is 19.5. The molecule has 0 aliphatic heterocycles. The number of carbonyl (C=O) groups excluding carboxylic acids is 2. The van der Waals surface area contributed by atoms with Crippen LogP contribution in [0.4, 0.5) is 5.69 Å². The first-order chi connectivity index (χ1) is 13.6. The maximum absolute atomic E-state index is 12.1. The van der Waals surface area contributed by atoms with Crippen LogP contribution in [0, 0.1) is 6.92 Å². The van der Waals surface area contributed by atoms with Gasteiger partial charge in [-0.3, -0.25) is 14.6 Å². The summed E-state index contributed by atoms with van der Waals surface area (Å²) >= 11 is 3.19. The molecule has 0 unspecified atom stereocenters. The Balaban J connectivity index is 1.36. The molecule has 0 aliphatic carbocycles. The Labute approximate surface area is 168 Å². The van der Waals surface area contributed by atoms with Crippen LogP contribution in [0.15, 0.2) is 42.0 Å². The molecule has 0 radical (unpaired) electrons. The molecule has 0 saturated carbocycles. The average molecular weight is 412 g/mol. The minimum absolute atomic E-state index is 0.141. The summed E-state index contributed by atoms with van der Waals surface area (Å²) in [5.41, 5.74) is 1.54. The number of pyridine rings is 1. The largest absolute Gasteiger partial charge is 0.483 e. The lowest BCUT2D eigenvalue weighted by molar-refractivity contribution is -0.125. The third-order valence-electron chi connectivity index (χ3n) is 3.92. The first-order valence-corrected chi connectivity index (χ1v) is 10.2. The molecule has 1 aromatic carbocycles. The van der Waals surface area contributed by atoms with Gasteiger partial charge in [-0.1, -0.05) is 0 Å². The number of ether oxygens (including phenoxy) is 1. The summed E-state index contributed by atoms with van der Waals surface area (Å²) in [5.74, 6) is -0.0595. The Morgan fingerprint density at radius 3 is 2.96 bits per heavy atom. The Morgan fingerprint density at radius 2 is 2.14 bits per heavy atom. The highest BCUT2D eigenvalue weighted by molar-refractivity contribution is 7.21. The summed E-state index contributed by atoms with van der Waals surface area (Å²) in [5, 5.41) is 9.11. The van der Waals surface area contributed by atoms with Crippen molar-refractivity contribution in [2.24, 2.45) is 0 Å². The Kier molecular flexibility index (Phi) is 5.18. The van der Waals surface area contributed by atoms with E-state index in [2.05, 4.69) is 20.6 Å². The molecule has 0 fully saturated rings. The molecule has 0 aliphatic rings. The molecule has 28 heavy (non-hydrogen) atoms. The Morgan fingerprint density at radius 1 is 1.25 bits per heavy atom. The van der Waals surface area contributed by atoms with E-state index in [1.807, 2.05) is 24.4 Å². The number of thiophene rings is 1. The molecule has 2 N–H and O–H groups in total. The summed E-state index contributed by atoms with van der Waals surface area (Å²) in [6, 6.07) is 7.31. The van der Waals surface area contributed by atoms with Crippen LogP contribution in [0.1, 0.15) is 5.01 Å². The van der Waals surface area contributed by atoms with Gasteiger partial charge in [-0.2, -0.15) is 0 Å². The predicted octanol–water partition coefficient (Wildman–Crippen LogP) is 3.35. The van der Waals surface area contributed by atoms with E-state index < -0.39 is 0 Å². The third kappa shape index (κ3) is 3.95. The number of anilines is 1. The van der Waals surface area contributed by atoms with E-state index in [-0.39, 0.29) is 25.0 Å². The third-order valence-corrected chi connectivity index (χ3v) is 5.76. The SMILES string of the molecule is Cc1nc2c(cc(OCC(=O)NCC(=O)Nc3cccnc3)c3ccsc32)s1. The highest BCUT2D eigenvalue weighted by Crippen LogP contribution is 2.38. The fourth-order valence-electron chi connectivity index (χ4n) is 2.72. The van der Waals surface area contributed by atoms with Crippen molar-refractivity contribution in [3.05, 3.63) is 47.0 Å². The van der Waals surface area contributed by atoms with E-state index in [1.165, 1.54) is 6.20 Å². The molecule has 0 spiro atoms. The normalized spacial score (nSPS) is 10.9. The van der Waals surface area contributed by atoms with Gasteiger partial charge in [-0.05, 0) is 30.5 Å². The maximum Gasteiger partial charge on any atom is 0.258 e. The van der Waals surface area contributed by atoms with Gasteiger partial charge in [0.1, 0.15) is 5.75 Å². The smallest absolute Gasteiger partial charge is 0.258 e. The minimum atomic E-state index is -0.370. The molecule has 142 valence electrons.